The molecule has 0 aliphatic heterocycles. The Bertz CT molecular complexity index is 160. The molecule has 0 bridgehead atoms. The van der Waals surface area contributed by atoms with Gasteiger partial charge in [-0.05, 0) is 0 Å². The van der Waals surface area contributed by atoms with Crippen LogP contribution < -0.4 is 9.32 Å². The van der Waals surface area contributed by atoms with Gasteiger partial charge in [-0.25, -0.2) is 48.0 Å². The smallest absolute Gasteiger partial charge is 0.769 e. The van der Waals surface area contributed by atoms with E-state index in [9.17, 15) is 0 Å². The van der Waals surface area contributed by atoms with Gasteiger partial charge in [-0.3, -0.25) is 12.2 Å². The molecule has 0 amide bonds. The Morgan fingerprint density at radius 3 is 1.20 bits per heavy atom. The molecule has 2 nitrogen and oxygen atoms in total. The molecule has 0 spiro atoms. The topological polar surface area (TPSA) is 46.1 Å². The molecule has 0 saturated heterocycles. The average Bonchev–Trinajstić information content (AvgIpc) is 3.01. The zero-order valence-electron chi connectivity index (χ0n) is 7.95. The summed E-state index contributed by atoms with van der Waals surface area (Å²) in [5.41, 5.74) is 0. The minimum absolute atomic E-state index is 0. The molecule has 2 aliphatic rings. The zero-order valence-corrected chi connectivity index (χ0v) is 11.0. The van der Waals surface area contributed by atoms with Crippen molar-refractivity contribution in [1.29, 1.82) is 0 Å². The van der Waals surface area contributed by atoms with Crippen molar-refractivity contribution >= 4 is 23.7 Å². The van der Waals surface area contributed by atoms with E-state index in [2.05, 4.69) is 48.0 Å². The van der Waals surface area contributed by atoms with E-state index in [1.165, 1.54) is 0 Å². The van der Waals surface area contributed by atoms with Gasteiger partial charge in [0.05, 0.1) is 0 Å². The van der Waals surface area contributed by atoms with Gasteiger partial charge in [0, 0.05) is 0 Å². The summed E-state index contributed by atoms with van der Waals surface area (Å²) in [4.78, 5) is 0. The van der Waals surface area contributed by atoms with Gasteiger partial charge in [-0.2, -0.15) is 12.2 Å². The van der Waals surface area contributed by atoms with Crippen molar-refractivity contribution < 1.29 is 31.0 Å². The zero-order chi connectivity index (χ0) is 11.1. The Labute approximate surface area is 116 Å². The summed E-state index contributed by atoms with van der Waals surface area (Å²) in [5, 5.41) is 0. The Morgan fingerprint density at radius 1 is 0.800 bits per heavy atom. The second-order valence-corrected chi connectivity index (χ2v) is 2.01. The van der Waals surface area contributed by atoms with Crippen molar-refractivity contribution in [1.82, 2.24) is 0 Å². The molecule has 0 aromatic carbocycles. The molecule has 5 heteroatoms. The van der Waals surface area contributed by atoms with E-state index in [0.717, 1.165) is 12.8 Å². The average molecular weight is 281 g/mol. The van der Waals surface area contributed by atoms with Gasteiger partial charge in [0.15, 0.2) is 0 Å². The van der Waals surface area contributed by atoms with Crippen molar-refractivity contribution in [3.63, 3.8) is 0 Å². The van der Waals surface area contributed by atoms with Crippen molar-refractivity contribution in [3.8, 4) is 0 Å². The van der Waals surface area contributed by atoms with Crippen LogP contribution in [0, 0.1) is 12.2 Å². The van der Waals surface area contributed by atoms with Crippen molar-refractivity contribution in [2.75, 3.05) is 0 Å². The maximum absolute atomic E-state index is 7.72. The van der Waals surface area contributed by atoms with Crippen molar-refractivity contribution in [2.45, 2.75) is 12.8 Å². The van der Waals surface area contributed by atoms with Crippen LogP contribution in [-0.2, 0) is 21.7 Å². The van der Waals surface area contributed by atoms with Crippen LogP contribution in [0.2, 0.25) is 0 Å². The van der Waals surface area contributed by atoms with Crippen molar-refractivity contribution in [3.05, 3.63) is 48.6 Å². The summed E-state index contributed by atoms with van der Waals surface area (Å²) in [6, 6.07) is 0. The summed E-state index contributed by atoms with van der Waals surface area (Å²) >= 11 is 6.78. The molecule has 0 N–H and O–H groups in total. The Balaban J connectivity index is -0.000000138. The first-order valence-corrected chi connectivity index (χ1v) is 4.36. The third kappa shape index (κ3) is 20.3. The predicted octanol–water partition coefficient (Wildman–Crippen LogP) is 1.61. The van der Waals surface area contributed by atoms with Crippen LogP contribution in [0.4, 0.5) is 0 Å². The minimum atomic E-state index is 0. The van der Waals surface area contributed by atoms with Gasteiger partial charge in [0.2, 0.25) is 0 Å². The molecule has 0 unspecified atom stereocenters. The van der Waals surface area contributed by atoms with Crippen LogP contribution in [0.3, 0.4) is 0 Å². The molecular formula is C10H10Cl2O2Ti. The summed E-state index contributed by atoms with van der Waals surface area (Å²) in [6.45, 7) is 0. The SMILES string of the molecule is [C-]1=CC=CC1.[C-]1=CC=CC1.[O-]Cl.[O-]Cl.[Ti+4]. The molecule has 0 heterocycles. The Hall–Kier alpha value is 0.174. The van der Waals surface area contributed by atoms with Crippen LogP contribution in [-0.4, -0.2) is 0 Å². The molecule has 2 aliphatic carbocycles. The normalized spacial score (nSPS) is 12.5. The standard InChI is InChI=1S/2C5H5.2ClO.Ti/c2*1-2-4-5-3-1;2*1-2;/h2*1-3H,4H2;;;/q4*-1;+4. The molecule has 0 aromatic rings. The fourth-order valence-electron chi connectivity index (χ4n) is 0.680. The summed E-state index contributed by atoms with van der Waals surface area (Å²) < 4.78 is 15.4. The molecular weight excluding hydrogens is 271 g/mol. The third-order valence-electron chi connectivity index (χ3n) is 1.17. The molecule has 0 atom stereocenters. The van der Waals surface area contributed by atoms with Gasteiger partial charge in [-0.15, -0.1) is 12.8 Å². The summed E-state index contributed by atoms with van der Waals surface area (Å²) in [5.74, 6) is 0. The number of hydrogen-bond acceptors (Lipinski definition) is 2. The van der Waals surface area contributed by atoms with E-state index in [-0.39, 0.29) is 21.7 Å². The van der Waals surface area contributed by atoms with Crippen LogP contribution in [0.1, 0.15) is 12.8 Å². The van der Waals surface area contributed by atoms with E-state index >= 15 is 0 Å². The van der Waals surface area contributed by atoms with Crippen molar-refractivity contribution in [2.24, 2.45) is 0 Å². The molecule has 0 fully saturated rings. The number of hydrogen-bond donors (Lipinski definition) is 0. The number of rotatable bonds is 0. The first-order valence-electron chi connectivity index (χ1n) is 3.74. The largest absolute Gasteiger partial charge is 4.00 e. The molecule has 80 valence electrons. The van der Waals surface area contributed by atoms with Gasteiger partial charge in [0.25, 0.3) is 0 Å². The Morgan fingerprint density at radius 2 is 1.13 bits per heavy atom. The number of allylic oxidation sites excluding steroid dienone is 8. The first kappa shape index (κ1) is 20.6. The monoisotopic (exact) mass is 280 g/mol. The molecule has 15 heavy (non-hydrogen) atoms. The minimum Gasteiger partial charge on any atom is -0.769 e. The van der Waals surface area contributed by atoms with E-state index < -0.39 is 0 Å². The van der Waals surface area contributed by atoms with E-state index in [4.69, 9.17) is 9.32 Å². The fourth-order valence-corrected chi connectivity index (χ4v) is 0.680. The maximum atomic E-state index is 7.72. The molecule has 2 rings (SSSR count). The summed E-state index contributed by atoms with van der Waals surface area (Å²) in [7, 11) is 0. The van der Waals surface area contributed by atoms with Crippen LogP contribution in [0.25, 0.3) is 0 Å². The maximum Gasteiger partial charge on any atom is 4.00 e. The predicted molar refractivity (Wildman–Crippen MR) is 54.8 cm³/mol. The van der Waals surface area contributed by atoms with E-state index in [1.54, 1.807) is 0 Å². The molecule has 0 radical (unpaired) electrons. The van der Waals surface area contributed by atoms with Gasteiger partial charge < -0.3 is 9.32 Å². The van der Waals surface area contributed by atoms with Crippen LogP contribution in [0.15, 0.2) is 36.5 Å². The second-order valence-electron chi connectivity index (χ2n) is 2.01. The van der Waals surface area contributed by atoms with Crippen LogP contribution >= 0.6 is 23.7 Å². The van der Waals surface area contributed by atoms with E-state index in [1.807, 2.05) is 24.3 Å². The third-order valence-corrected chi connectivity index (χ3v) is 1.17. The molecule has 0 saturated carbocycles. The van der Waals surface area contributed by atoms with E-state index in [0.29, 0.717) is 0 Å². The molecule has 0 aromatic heterocycles. The second kappa shape index (κ2) is 23.8. The quantitative estimate of drug-likeness (QED) is 0.500. The van der Waals surface area contributed by atoms with Gasteiger partial charge in [-0.1, -0.05) is 0 Å². The summed E-state index contributed by atoms with van der Waals surface area (Å²) in [6.07, 6.45) is 20.0. The Kier molecular flexibility index (Phi) is 32.6. The first-order chi connectivity index (χ1) is 7.00. The number of halogens is 2. The van der Waals surface area contributed by atoms with Gasteiger partial charge in [0.1, 0.15) is 0 Å². The van der Waals surface area contributed by atoms with Gasteiger partial charge >= 0.3 is 21.7 Å². The fraction of sp³-hybridized carbons (Fsp3) is 0.200. The van der Waals surface area contributed by atoms with Crippen LogP contribution in [0.5, 0.6) is 0 Å².